The summed E-state index contributed by atoms with van der Waals surface area (Å²) in [6, 6.07) is 15.6. The zero-order chi connectivity index (χ0) is 21.1. The molecule has 0 saturated heterocycles. The summed E-state index contributed by atoms with van der Waals surface area (Å²) in [4.78, 5) is 13.0. The number of hydrogen-bond donors (Lipinski definition) is 3. The Morgan fingerprint density at radius 3 is 2.67 bits per heavy atom. The Hall–Kier alpha value is -4.54. The Kier molecular flexibility index (Phi) is 4.91. The van der Waals surface area contributed by atoms with Crippen LogP contribution in [0, 0.1) is 0 Å². The first-order valence-electron chi connectivity index (χ1n) is 8.78. The van der Waals surface area contributed by atoms with Crippen molar-refractivity contribution in [3.63, 3.8) is 0 Å². The van der Waals surface area contributed by atoms with Gasteiger partial charge in [-0.2, -0.15) is 9.78 Å². The van der Waals surface area contributed by atoms with E-state index in [9.17, 15) is 9.90 Å². The molecule has 0 aliphatic carbocycles. The van der Waals surface area contributed by atoms with Gasteiger partial charge in [-0.05, 0) is 29.4 Å². The summed E-state index contributed by atoms with van der Waals surface area (Å²) in [5.41, 5.74) is 10.4. The van der Waals surface area contributed by atoms with Crippen LogP contribution in [-0.4, -0.2) is 42.0 Å². The number of amides is 1. The molecule has 1 amide bonds. The number of aromatic nitrogens is 5. The van der Waals surface area contributed by atoms with E-state index in [0.29, 0.717) is 22.5 Å². The smallest absolute Gasteiger partial charge is 0.292 e. The number of rotatable bonds is 5. The first kappa shape index (κ1) is 18.8. The van der Waals surface area contributed by atoms with Crippen molar-refractivity contribution in [3.05, 3.63) is 65.9 Å². The summed E-state index contributed by atoms with van der Waals surface area (Å²) in [7, 11) is 0. The van der Waals surface area contributed by atoms with Gasteiger partial charge in [-0.25, -0.2) is 10.1 Å². The molecule has 2 heterocycles. The van der Waals surface area contributed by atoms with Crippen molar-refractivity contribution < 1.29 is 14.5 Å². The van der Waals surface area contributed by atoms with E-state index in [2.05, 4.69) is 35.8 Å². The molecular formula is C19H16N8O3. The molecule has 2 aromatic heterocycles. The van der Waals surface area contributed by atoms with E-state index in [0.717, 1.165) is 4.68 Å². The summed E-state index contributed by atoms with van der Waals surface area (Å²) in [5, 5.41) is 29.1. The number of phenolic OH excluding ortho intramolecular Hbond substituents is 1. The van der Waals surface area contributed by atoms with Crippen LogP contribution in [0.15, 0.2) is 64.3 Å². The number of phenols is 1. The van der Waals surface area contributed by atoms with Crippen LogP contribution in [0.2, 0.25) is 0 Å². The molecule has 0 saturated carbocycles. The van der Waals surface area contributed by atoms with E-state index in [1.807, 2.05) is 18.2 Å². The highest BCUT2D eigenvalue weighted by Gasteiger charge is 2.25. The normalized spacial score (nSPS) is 11.4. The summed E-state index contributed by atoms with van der Waals surface area (Å²) in [6.45, 7) is 1.70. The van der Waals surface area contributed by atoms with Crippen LogP contribution in [0.3, 0.4) is 0 Å². The number of carbonyl (C=O) groups excluding carboxylic acids is 1. The average molecular weight is 404 g/mol. The van der Waals surface area contributed by atoms with Gasteiger partial charge in [0.25, 0.3) is 5.91 Å². The summed E-state index contributed by atoms with van der Waals surface area (Å²) in [5.74, 6) is -0.520. The number of aromatic hydroxyl groups is 1. The first-order valence-corrected chi connectivity index (χ1v) is 8.78. The quantitative estimate of drug-likeness (QED) is 0.335. The first-order chi connectivity index (χ1) is 14.5. The Labute approximate surface area is 169 Å². The second-order valence-electron chi connectivity index (χ2n) is 6.23. The minimum absolute atomic E-state index is 0.0310. The van der Waals surface area contributed by atoms with Crippen LogP contribution in [-0.2, 0) is 0 Å². The number of nitrogens with one attached hydrogen (secondary N) is 1. The highest BCUT2D eigenvalue weighted by molar-refractivity contribution is 6.02. The van der Waals surface area contributed by atoms with Crippen LogP contribution in [0.4, 0.5) is 5.82 Å². The van der Waals surface area contributed by atoms with Crippen molar-refractivity contribution in [1.82, 2.24) is 30.7 Å². The van der Waals surface area contributed by atoms with Crippen molar-refractivity contribution in [2.24, 2.45) is 5.10 Å². The van der Waals surface area contributed by atoms with Crippen molar-refractivity contribution in [1.29, 1.82) is 0 Å². The predicted octanol–water partition coefficient (Wildman–Crippen LogP) is 1.76. The minimum atomic E-state index is -0.597. The average Bonchev–Trinajstić information content (AvgIpc) is 3.38. The molecule has 4 aromatic rings. The number of hydrogen-bond acceptors (Lipinski definition) is 9. The Morgan fingerprint density at radius 1 is 1.17 bits per heavy atom. The fraction of sp³-hybridized carbons (Fsp3) is 0.0526. The van der Waals surface area contributed by atoms with E-state index >= 15 is 0 Å². The number of hydrazone groups is 1. The molecular weight excluding hydrogens is 388 g/mol. The number of anilines is 1. The van der Waals surface area contributed by atoms with E-state index in [-0.39, 0.29) is 23.1 Å². The molecule has 0 atom stereocenters. The molecule has 0 radical (unpaired) electrons. The van der Waals surface area contributed by atoms with E-state index in [4.69, 9.17) is 5.73 Å². The molecule has 0 aliphatic heterocycles. The second-order valence-corrected chi connectivity index (χ2v) is 6.23. The molecule has 4 rings (SSSR count). The molecule has 0 spiro atoms. The Balaban J connectivity index is 1.73. The molecule has 0 unspecified atom stereocenters. The predicted molar refractivity (Wildman–Crippen MR) is 107 cm³/mol. The van der Waals surface area contributed by atoms with Gasteiger partial charge in [-0.3, -0.25) is 4.79 Å². The van der Waals surface area contributed by atoms with Gasteiger partial charge in [0.15, 0.2) is 5.69 Å². The lowest BCUT2D eigenvalue weighted by molar-refractivity contribution is 0.0947. The van der Waals surface area contributed by atoms with Crippen LogP contribution in [0.5, 0.6) is 5.75 Å². The fourth-order valence-corrected chi connectivity index (χ4v) is 2.75. The van der Waals surface area contributed by atoms with Gasteiger partial charge in [0, 0.05) is 11.1 Å². The highest BCUT2D eigenvalue weighted by Crippen LogP contribution is 2.24. The number of nitrogens with two attached hydrogens (primary N) is 1. The van der Waals surface area contributed by atoms with Gasteiger partial charge in [0.05, 0.1) is 5.71 Å². The second kappa shape index (κ2) is 7.83. The van der Waals surface area contributed by atoms with Crippen molar-refractivity contribution >= 4 is 17.4 Å². The van der Waals surface area contributed by atoms with Crippen molar-refractivity contribution in [3.8, 4) is 22.8 Å². The lowest BCUT2D eigenvalue weighted by Gasteiger charge is -2.06. The van der Waals surface area contributed by atoms with E-state index < -0.39 is 5.91 Å². The lowest BCUT2D eigenvalue weighted by Crippen LogP contribution is -2.23. The third-order valence-corrected chi connectivity index (χ3v) is 4.22. The maximum atomic E-state index is 13.0. The maximum absolute atomic E-state index is 13.0. The monoisotopic (exact) mass is 404 g/mol. The van der Waals surface area contributed by atoms with Gasteiger partial charge in [-0.1, -0.05) is 47.7 Å². The Morgan fingerprint density at radius 2 is 1.97 bits per heavy atom. The minimum Gasteiger partial charge on any atom is -0.508 e. The number of benzene rings is 2. The van der Waals surface area contributed by atoms with Crippen molar-refractivity contribution in [2.45, 2.75) is 6.92 Å². The van der Waals surface area contributed by atoms with Crippen LogP contribution >= 0.6 is 0 Å². The van der Waals surface area contributed by atoms with Gasteiger partial charge in [0.2, 0.25) is 11.6 Å². The van der Waals surface area contributed by atoms with Crippen LogP contribution in [0.25, 0.3) is 17.1 Å². The molecule has 30 heavy (non-hydrogen) atoms. The summed E-state index contributed by atoms with van der Waals surface area (Å²) >= 11 is 0. The number of nitrogen functional groups attached to an aromatic ring is 1. The SMILES string of the molecule is C/C(=N\NC(=O)c1c(-c2ccccc2)nnn1-c1nonc1N)c1cccc(O)c1. The van der Waals surface area contributed by atoms with Gasteiger partial charge < -0.3 is 10.8 Å². The van der Waals surface area contributed by atoms with Gasteiger partial charge in [-0.15, -0.1) is 5.10 Å². The van der Waals surface area contributed by atoms with E-state index in [1.165, 1.54) is 6.07 Å². The lowest BCUT2D eigenvalue weighted by atomic mass is 10.1. The zero-order valence-corrected chi connectivity index (χ0v) is 15.7. The molecule has 0 fully saturated rings. The Bertz CT molecular complexity index is 1230. The fourth-order valence-electron chi connectivity index (χ4n) is 2.75. The zero-order valence-electron chi connectivity index (χ0n) is 15.7. The third-order valence-electron chi connectivity index (χ3n) is 4.22. The highest BCUT2D eigenvalue weighted by atomic mass is 16.6. The molecule has 11 heteroatoms. The standard InChI is InChI=1S/C19H16N8O3/c1-11(13-8-5-9-14(28)10-13)21-23-19(29)16-15(12-6-3-2-4-7-12)22-26-27(16)18-17(20)24-30-25-18/h2-10,28H,1H3,(H2,20,24)(H,23,29)/b21-11+. The number of carbonyl (C=O) groups is 1. The third kappa shape index (κ3) is 3.58. The van der Waals surface area contributed by atoms with Crippen LogP contribution < -0.4 is 11.2 Å². The van der Waals surface area contributed by atoms with Crippen molar-refractivity contribution in [2.75, 3.05) is 5.73 Å². The largest absolute Gasteiger partial charge is 0.508 e. The summed E-state index contributed by atoms with van der Waals surface area (Å²) < 4.78 is 5.76. The maximum Gasteiger partial charge on any atom is 0.292 e. The molecule has 2 aromatic carbocycles. The van der Waals surface area contributed by atoms with Gasteiger partial charge in [0.1, 0.15) is 11.4 Å². The summed E-state index contributed by atoms with van der Waals surface area (Å²) in [6.07, 6.45) is 0. The molecule has 4 N–H and O–H groups in total. The van der Waals surface area contributed by atoms with E-state index in [1.54, 1.807) is 37.3 Å². The van der Waals surface area contributed by atoms with Gasteiger partial charge >= 0.3 is 0 Å². The number of nitrogens with zero attached hydrogens (tertiary/aromatic N) is 6. The molecule has 150 valence electrons. The van der Waals surface area contributed by atoms with Crippen LogP contribution in [0.1, 0.15) is 23.0 Å². The molecule has 11 nitrogen and oxygen atoms in total. The molecule has 0 aliphatic rings. The molecule has 0 bridgehead atoms. The topological polar surface area (TPSA) is 157 Å².